The lowest BCUT2D eigenvalue weighted by Gasteiger charge is -2.31. The highest BCUT2D eigenvalue weighted by Gasteiger charge is 2.32. The monoisotopic (exact) mass is 268 g/mol. The molecule has 0 radical (unpaired) electrons. The zero-order valence-corrected chi connectivity index (χ0v) is 11.6. The number of hydrogen-bond donors (Lipinski definition) is 1. The Bertz CT molecular complexity index is 418. The van der Waals surface area contributed by atoms with Crippen LogP contribution in [0.5, 0.6) is 0 Å². The Hall–Kier alpha value is -1.62. The van der Waals surface area contributed by atoms with Crippen molar-refractivity contribution >= 4 is 11.7 Å². The molecule has 5 heteroatoms. The molecule has 1 rings (SSSR count). The van der Waals surface area contributed by atoms with E-state index in [-0.39, 0.29) is 5.82 Å². The minimum atomic E-state index is -1.10. The second kappa shape index (κ2) is 6.52. The molecule has 0 bridgehead atoms. The van der Waals surface area contributed by atoms with Crippen LogP contribution in [0.25, 0.3) is 0 Å². The first-order valence-electron chi connectivity index (χ1n) is 6.37. The first kappa shape index (κ1) is 15.4. The molecule has 0 aliphatic rings. The van der Waals surface area contributed by atoms with Gasteiger partial charge in [-0.15, -0.1) is 0 Å². The summed E-state index contributed by atoms with van der Waals surface area (Å²) in [4.78, 5) is 13.7. The van der Waals surface area contributed by atoms with Crippen molar-refractivity contribution in [2.45, 2.75) is 26.3 Å². The van der Waals surface area contributed by atoms with Crippen molar-refractivity contribution in [3.05, 3.63) is 30.1 Å². The Morgan fingerprint density at radius 2 is 1.95 bits per heavy atom. The number of anilines is 1. The molecular formula is C14H21FN2O2. The third kappa shape index (κ3) is 4.21. The molecule has 0 aliphatic heterocycles. The maximum Gasteiger partial charge on any atom is 0.327 e. The summed E-state index contributed by atoms with van der Waals surface area (Å²) in [6.07, 6.45) is 0. The molecule has 1 unspecified atom stereocenters. The molecule has 0 aliphatic carbocycles. The predicted molar refractivity (Wildman–Crippen MR) is 73.5 cm³/mol. The third-order valence-corrected chi connectivity index (χ3v) is 2.83. The molecule has 1 aromatic rings. The van der Waals surface area contributed by atoms with Gasteiger partial charge in [0, 0.05) is 18.8 Å². The molecular weight excluding hydrogens is 247 g/mol. The molecule has 4 nitrogen and oxygen atoms in total. The van der Waals surface area contributed by atoms with Gasteiger partial charge < -0.3 is 15.4 Å². The van der Waals surface area contributed by atoms with Gasteiger partial charge in [-0.05, 0) is 45.0 Å². The Morgan fingerprint density at radius 1 is 1.37 bits per heavy atom. The maximum absolute atomic E-state index is 12.9. The molecule has 0 fully saturated rings. The van der Waals surface area contributed by atoms with Gasteiger partial charge in [-0.1, -0.05) is 0 Å². The zero-order valence-electron chi connectivity index (χ0n) is 11.6. The summed E-state index contributed by atoms with van der Waals surface area (Å²) in [5.74, 6) is -0.726. The number of halogens is 1. The van der Waals surface area contributed by atoms with Gasteiger partial charge in [0.25, 0.3) is 0 Å². The minimum absolute atomic E-state index is 0.291. The van der Waals surface area contributed by atoms with E-state index < -0.39 is 11.5 Å². The predicted octanol–water partition coefficient (Wildman–Crippen LogP) is 1.93. The van der Waals surface area contributed by atoms with Crippen LogP contribution in [0.2, 0.25) is 0 Å². The molecule has 0 aromatic heterocycles. The van der Waals surface area contributed by atoms with Gasteiger partial charge in [0.05, 0.1) is 6.61 Å². The van der Waals surface area contributed by atoms with Gasteiger partial charge in [0.2, 0.25) is 0 Å². The van der Waals surface area contributed by atoms with E-state index in [4.69, 9.17) is 10.5 Å². The van der Waals surface area contributed by atoms with E-state index >= 15 is 0 Å². The van der Waals surface area contributed by atoms with E-state index in [1.165, 1.54) is 12.1 Å². The van der Waals surface area contributed by atoms with Crippen LogP contribution in [-0.4, -0.2) is 31.2 Å². The van der Waals surface area contributed by atoms with Gasteiger partial charge in [0.1, 0.15) is 11.4 Å². The number of likely N-dealkylation sites (N-methyl/N-ethyl adjacent to an activating group) is 1. The number of carbonyl (C=O) groups excluding carboxylic acids is 1. The summed E-state index contributed by atoms with van der Waals surface area (Å²) in [6.45, 7) is 6.60. The van der Waals surface area contributed by atoms with Gasteiger partial charge in [0.15, 0.2) is 0 Å². The smallest absolute Gasteiger partial charge is 0.327 e. The summed E-state index contributed by atoms with van der Waals surface area (Å²) in [6, 6.07) is 6.10. The third-order valence-electron chi connectivity index (χ3n) is 2.83. The van der Waals surface area contributed by atoms with E-state index in [0.717, 1.165) is 5.69 Å². The number of benzene rings is 1. The fraction of sp³-hybridized carbons (Fsp3) is 0.500. The number of esters is 1. The number of rotatable bonds is 6. The molecule has 0 heterocycles. The van der Waals surface area contributed by atoms with Gasteiger partial charge in [-0.2, -0.15) is 0 Å². The van der Waals surface area contributed by atoms with Crippen molar-refractivity contribution in [1.82, 2.24) is 0 Å². The average molecular weight is 268 g/mol. The molecule has 1 aromatic carbocycles. The van der Waals surface area contributed by atoms with Crippen LogP contribution in [0.4, 0.5) is 10.1 Å². The normalized spacial score (nSPS) is 13.7. The van der Waals surface area contributed by atoms with Crippen LogP contribution in [0.15, 0.2) is 24.3 Å². The highest BCUT2D eigenvalue weighted by Crippen LogP contribution is 2.17. The van der Waals surface area contributed by atoms with Crippen LogP contribution in [-0.2, 0) is 9.53 Å². The summed E-state index contributed by atoms with van der Waals surface area (Å²) in [5, 5.41) is 0. The van der Waals surface area contributed by atoms with Crippen LogP contribution >= 0.6 is 0 Å². The second-order valence-electron chi connectivity index (χ2n) is 4.63. The SMILES string of the molecule is CCOC(=O)C(C)(N)CN(CC)c1ccc(F)cc1. The summed E-state index contributed by atoms with van der Waals surface area (Å²) in [7, 11) is 0. The second-order valence-corrected chi connectivity index (χ2v) is 4.63. The molecule has 0 saturated carbocycles. The van der Waals surface area contributed by atoms with Crippen molar-refractivity contribution in [2.75, 3.05) is 24.6 Å². The van der Waals surface area contributed by atoms with E-state index in [9.17, 15) is 9.18 Å². The van der Waals surface area contributed by atoms with Gasteiger partial charge >= 0.3 is 5.97 Å². The van der Waals surface area contributed by atoms with Crippen molar-refractivity contribution in [1.29, 1.82) is 0 Å². The summed E-state index contributed by atoms with van der Waals surface area (Å²) in [5.41, 5.74) is 5.73. The topological polar surface area (TPSA) is 55.6 Å². The quantitative estimate of drug-likeness (QED) is 0.801. The highest BCUT2D eigenvalue weighted by molar-refractivity contribution is 5.81. The molecule has 106 valence electrons. The Labute approximate surface area is 113 Å². The summed E-state index contributed by atoms with van der Waals surface area (Å²) < 4.78 is 17.9. The number of nitrogens with zero attached hydrogens (tertiary/aromatic N) is 1. The highest BCUT2D eigenvalue weighted by atomic mass is 19.1. The summed E-state index contributed by atoms with van der Waals surface area (Å²) >= 11 is 0. The van der Waals surface area contributed by atoms with Crippen molar-refractivity contribution < 1.29 is 13.9 Å². The Morgan fingerprint density at radius 3 is 2.42 bits per heavy atom. The largest absolute Gasteiger partial charge is 0.465 e. The van der Waals surface area contributed by atoms with E-state index in [2.05, 4.69) is 0 Å². The van der Waals surface area contributed by atoms with Crippen LogP contribution in [0, 0.1) is 5.82 Å². The Balaban J connectivity index is 2.81. The fourth-order valence-electron chi connectivity index (χ4n) is 1.79. The number of ether oxygens (including phenoxy) is 1. The molecule has 0 amide bonds. The lowest BCUT2D eigenvalue weighted by Crippen LogP contribution is -2.54. The van der Waals surface area contributed by atoms with E-state index in [1.54, 1.807) is 26.0 Å². The van der Waals surface area contributed by atoms with Crippen LogP contribution < -0.4 is 10.6 Å². The van der Waals surface area contributed by atoms with E-state index in [0.29, 0.717) is 19.7 Å². The van der Waals surface area contributed by atoms with Crippen LogP contribution in [0.1, 0.15) is 20.8 Å². The standard InChI is InChI=1S/C14H21FN2O2/c1-4-17(12-8-6-11(15)7-9-12)10-14(3,16)13(18)19-5-2/h6-9H,4-5,10,16H2,1-3H3. The maximum atomic E-state index is 12.9. The van der Waals surface area contributed by atoms with E-state index in [1.807, 2.05) is 11.8 Å². The lowest BCUT2D eigenvalue weighted by atomic mass is 10.0. The molecule has 19 heavy (non-hydrogen) atoms. The van der Waals surface area contributed by atoms with Crippen molar-refractivity contribution in [3.8, 4) is 0 Å². The van der Waals surface area contributed by atoms with Crippen LogP contribution in [0.3, 0.4) is 0 Å². The molecule has 2 N–H and O–H groups in total. The molecule has 0 saturated heterocycles. The molecule has 0 spiro atoms. The first-order chi connectivity index (χ1) is 8.90. The number of hydrogen-bond acceptors (Lipinski definition) is 4. The van der Waals surface area contributed by atoms with Gasteiger partial charge in [-0.25, -0.2) is 9.18 Å². The van der Waals surface area contributed by atoms with Crippen molar-refractivity contribution in [2.24, 2.45) is 5.73 Å². The average Bonchev–Trinajstić information content (AvgIpc) is 2.37. The van der Waals surface area contributed by atoms with Crippen molar-refractivity contribution in [3.63, 3.8) is 0 Å². The Kier molecular flexibility index (Phi) is 5.30. The fourth-order valence-corrected chi connectivity index (χ4v) is 1.79. The zero-order chi connectivity index (χ0) is 14.5. The molecule has 1 atom stereocenters. The minimum Gasteiger partial charge on any atom is -0.465 e. The first-order valence-corrected chi connectivity index (χ1v) is 6.37. The van der Waals surface area contributed by atoms with Gasteiger partial charge in [-0.3, -0.25) is 0 Å². The lowest BCUT2D eigenvalue weighted by molar-refractivity contribution is -0.148. The number of nitrogens with two attached hydrogens (primary N) is 1. The number of carbonyl (C=O) groups is 1.